The largest absolute Gasteiger partial charge is 0.421 e. The number of rotatable bonds is 9. The molecule has 8 nitrogen and oxygen atoms in total. The van der Waals surface area contributed by atoms with E-state index in [4.69, 9.17) is 0 Å². The molecule has 2 aliphatic heterocycles. The molecular formula is C27H38F3N7O. The zero-order valence-corrected chi connectivity index (χ0v) is 22.4. The summed E-state index contributed by atoms with van der Waals surface area (Å²) < 4.78 is 41.0. The van der Waals surface area contributed by atoms with Crippen LogP contribution in [-0.4, -0.2) is 78.5 Å². The molecule has 208 valence electrons. The lowest BCUT2D eigenvalue weighted by atomic mass is 9.99. The Kier molecular flexibility index (Phi) is 8.96. The first-order valence-corrected chi connectivity index (χ1v) is 13.4. The Balaban J connectivity index is 1.48. The van der Waals surface area contributed by atoms with E-state index in [0.29, 0.717) is 25.9 Å². The highest BCUT2D eigenvalue weighted by atomic mass is 19.4. The van der Waals surface area contributed by atoms with Crippen molar-refractivity contribution in [2.24, 2.45) is 0 Å². The van der Waals surface area contributed by atoms with E-state index in [1.807, 2.05) is 12.1 Å². The second kappa shape index (κ2) is 12.2. The molecule has 1 amide bonds. The number of nitrogens with zero attached hydrogens (tertiary/aromatic N) is 5. The van der Waals surface area contributed by atoms with Gasteiger partial charge in [-0.1, -0.05) is 13.8 Å². The van der Waals surface area contributed by atoms with Crippen molar-refractivity contribution < 1.29 is 18.0 Å². The third-order valence-electron chi connectivity index (χ3n) is 7.18. The van der Waals surface area contributed by atoms with Gasteiger partial charge < -0.3 is 25.3 Å². The van der Waals surface area contributed by atoms with Crippen LogP contribution in [0.2, 0.25) is 0 Å². The Labute approximate surface area is 222 Å². The summed E-state index contributed by atoms with van der Waals surface area (Å²) in [6.45, 7) is 9.56. The first-order chi connectivity index (χ1) is 18.1. The fourth-order valence-corrected chi connectivity index (χ4v) is 4.88. The van der Waals surface area contributed by atoms with Crippen molar-refractivity contribution in [1.29, 1.82) is 0 Å². The van der Waals surface area contributed by atoms with Gasteiger partial charge in [0.15, 0.2) is 0 Å². The molecule has 0 atom stereocenters. The van der Waals surface area contributed by atoms with Crippen molar-refractivity contribution in [1.82, 2.24) is 19.8 Å². The zero-order valence-electron chi connectivity index (χ0n) is 22.4. The maximum atomic E-state index is 13.7. The molecule has 11 heteroatoms. The highest BCUT2D eigenvalue weighted by molar-refractivity contribution is 5.76. The smallest absolute Gasteiger partial charge is 0.369 e. The summed E-state index contributed by atoms with van der Waals surface area (Å²) in [7, 11) is 2.12. The average Bonchev–Trinajstić information content (AvgIpc) is 2.87. The molecule has 2 aromatic rings. The number of piperazine rings is 1. The third-order valence-corrected chi connectivity index (χ3v) is 7.18. The average molecular weight is 534 g/mol. The van der Waals surface area contributed by atoms with Crippen LogP contribution in [0.1, 0.15) is 56.6 Å². The van der Waals surface area contributed by atoms with Gasteiger partial charge in [0.05, 0.1) is 0 Å². The molecule has 0 unspecified atom stereocenters. The molecule has 1 aromatic heterocycles. The van der Waals surface area contributed by atoms with Crippen molar-refractivity contribution in [2.75, 3.05) is 68.4 Å². The van der Waals surface area contributed by atoms with Crippen molar-refractivity contribution in [3.8, 4) is 0 Å². The molecule has 3 heterocycles. The summed E-state index contributed by atoms with van der Waals surface area (Å²) in [4.78, 5) is 26.6. The fourth-order valence-electron chi connectivity index (χ4n) is 4.88. The lowest BCUT2D eigenvalue weighted by Crippen LogP contribution is -2.44. The number of hydrogen-bond acceptors (Lipinski definition) is 7. The quantitative estimate of drug-likeness (QED) is 0.443. The number of alkyl halides is 3. The zero-order chi connectivity index (χ0) is 27.3. The molecular weight excluding hydrogens is 495 g/mol. The number of carbonyl (C=O) groups is 1. The molecule has 0 radical (unpaired) electrons. The van der Waals surface area contributed by atoms with E-state index in [2.05, 4.69) is 57.4 Å². The molecule has 0 spiro atoms. The second-order valence-corrected chi connectivity index (χ2v) is 10.4. The van der Waals surface area contributed by atoms with Crippen molar-refractivity contribution in [3.05, 3.63) is 35.5 Å². The van der Waals surface area contributed by atoms with Crippen LogP contribution in [0.25, 0.3) is 0 Å². The Morgan fingerprint density at radius 1 is 1.08 bits per heavy atom. The number of piperidine rings is 1. The van der Waals surface area contributed by atoms with Crippen LogP contribution in [0.5, 0.6) is 0 Å². The van der Waals surface area contributed by atoms with E-state index in [0.717, 1.165) is 62.2 Å². The van der Waals surface area contributed by atoms with Crippen LogP contribution in [0, 0.1) is 0 Å². The molecule has 2 fully saturated rings. The minimum absolute atomic E-state index is 0.0981. The Bertz CT molecular complexity index is 1100. The topological polar surface area (TPSA) is 76.6 Å². The second-order valence-electron chi connectivity index (χ2n) is 10.4. The predicted octanol–water partition coefficient (Wildman–Crippen LogP) is 4.93. The summed E-state index contributed by atoms with van der Waals surface area (Å²) in [5.74, 6) is 0.135. The lowest BCUT2D eigenvalue weighted by molar-refractivity contribution is -0.137. The maximum Gasteiger partial charge on any atom is 0.421 e. The van der Waals surface area contributed by atoms with Crippen molar-refractivity contribution in [2.45, 2.75) is 51.6 Å². The van der Waals surface area contributed by atoms with Gasteiger partial charge in [-0.3, -0.25) is 4.79 Å². The van der Waals surface area contributed by atoms with E-state index in [9.17, 15) is 18.0 Å². The van der Waals surface area contributed by atoms with Crippen LogP contribution in [-0.2, 0) is 11.0 Å². The van der Waals surface area contributed by atoms with Crippen LogP contribution >= 0.6 is 0 Å². The third kappa shape index (κ3) is 7.06. The number of likely N-dealkylation sites (tertiary alicyclic amines) is 1. The van der Waals surface area contributed by atoms with Gasteiger partial charge in [-0.05, 0) is 56.0 Å². The minimum atomic E-state index is -4.59. The van der Waals surface area contributed by atoms with Crippen molar-refractivity contribution >= 4 is 29.0 Å². The predicted molar refractivity (Wildman–Crippen MR) is 144 cm³/mol. The highest BCUT2D eigenvalue weighted by Gasteiger charge is 2.35. The number of amides is 1. The van der Waals surface area contributed by atoms with E-state index < -0.39 is 11.7 Å². The van der Waals surface area contributed by atoms with Crippen LogP contribution in [0.15, 0.2) is 24.4 Å². The van der Waals surface area contributed by atoms with Gasteiger partial charge in [-0.25, -0.2) is 4.98 Å². The van der Waals surface area contributed by atoms with Gasteiger partial charge in [0.2, 0.25) is 11.9 Å². The Morgan fingerprint density at radius 2 is 1.84 bits per heavy atom. The van der Waals surface area contributed by atoms with Gasteiger partial charge >= 0.3 is 6.18 Å². The number of benzene rings is 1. The monoisotopic (exact) mass is 533 g/mol. The SMILES string of the molecule is CC(C)c1cc(N2CCN(C)CC2)ccc1Nc1ncc(C(F)(F)F)c(NCCCN2CCCCC2=O)n1. The first kappa shape index (κ1) is 27.9. The maximum absolute atomic E-state index is 13.7. The number of carbonyl (C=O) groups excluding carboxylic acids is 1. The van der Waals surface area contributed by atoms with E-state index in [1.54, 1.807) is 4.90 Å². The summed E-state index contributed by atoms with van der Waals surface area (Å²) in [5, 5.41) is 5.98. The number of halogens is 3. The highest BCUT2D eigenvalue weighted by Crippen LogP contribution is 2.35. The van der Waals surface area contributed by atoms with E-state index in [-0.39, 0.29) is 30.1 Å². The van der Waals surface area contributed by atoms with Gasteiger partial charge in [-0.2, -0.15) is 18.2 Å². The number of nitrogens with one attached hydrogen (secondary N) is 2. The number of likely N-dealkylation sites (N-methyl/N-ethyl adjacent to an activating group) is 1. The molecule has 2 aliphatic rings. The summed E-state index contributed by atoms with van der Waals surface area (Å²) in [6, 6.07) is 6.13. The van der Waals surface area contributed by atoms with Crippen LogP contribution in [0.3, 0.4) is 0 Å². The molecule has 0 bridgehead atoms. The molecule has 38 heavy (non-hydrogen) atoms. The van der Waals surface area contributed by atoms with Crippen LogP contribution < -0.4 is 15.5 Å². The standard InChI is InChI=1S/C27H38F3N7O/c1-19(2)21-17-20(36-15-13-35(3)14-16-36)8-9-23(21)33-26-32-18-22(27(28,29)30)25(34-26)31-10-6-12-37-11-5-4-7-24(37)38/h8-9,17-19H,4-7,10-16H2,1-3H3,(H2,31,32,33,34). The van der Waals surface area contributed by atoms with Gasteiger partial charge in [0.1, 0.15) is 11.4 Å². The van der Waals surface area contributed by atoms with Crippen molar-refractivity contribution in [3.63, 3.8) is 0 Å². The first-order valence-electron chi connectivity index (χ1n) is 13.4. The van der Waals surface area contributed by atoms with Gasteiger partial charge in [0, 0.05) is 69.8 Å². The van der Waals surface area contributed by atoms with E-state index in [1.165, 1.54) is 0 Å². The van der Waals surface area contributed by atoms with Gasteiger partial charge in [-0.15, -0.1) is 0 Å². The van der Waals surface area contributed by atoms with Gasteiger partial charge in [0.25, 0.3) is 0 Å². The number of hydrogen-bond donors (Lipinski definition) is 2. The lowest BCUT2D eigenvalue weighted by Gasteiger charge is -2.34. The molecule has 2 saturated heterocycles. The van der Waals surface area contributed by atoms with Crippen LogP contribution in [0.4, 0.5) is 36.3 Å². The molecule has 1 aromatic carbocycles. The van der Waals surface area contributed by atoms with E-state index >= 15 is 0 Å². The summed E-state index contributed by atoms with van der Waals surface area (Å²) >= 11 is 0. The number of anilines is 4. The fraction of sp³-hybridized carbons (Fsp3) is 0.593. The summed E-state index contributed by atoms with van der Waals surface area (Å²) in [6.07, 6.45) is -0.831. The molecule has 4 rings (SSSR count). The Morgan fingerprint density at radius 3 is 2.53 bits per heavy atom. The normalized spacial score (nSPS) is 17.3. The molecule has 2 N–H and O–H groups in total. The minimum Gasteiger partial charge on any atom is -0.369 e. The summed E-state index contributed by atoms with van der Waals surface area (Å²) in [5.41, 5.74) is 2.04. The molecule has 0 aliphatic carbocycles. The molecule has 0 saturated carbocycles. The number of aromatic nitrogens is 2. The Hall–Kier alpha value is -3.08.